The monoisotopic (exact) mass is 330 g/mol. The Morgan fingerprint density at radius 1 is 1.17 bits per heavy atom. The number of benzene rings is 2. The van der Waals surface area contributed by atoms with Gasteiger partial charge in [-0.2, -0.15) is 0 Å². The summed E-state index contributed by atoms with van der Waals surface area (Å²) in [5, 5.41) is 13.6. The lowest BCUT2D eigenvalue weighted by Gasteiger charge is -2.05. The molecule has 5 nitrogen and oxygen atoms in total. The minimum atomic E-state index is -0.561. The molecule has 0 aliphatic carbocycles. The Morgan fingerprint density at radius 3 is 2.57 bits per heavy atom. The van der Waals surface area contributed by atoms with Gasteiger partial charge in [-0.3, -0.25) is 14.9 Å². The molecule has 0 bridgehead atoms. The van der Waals surface area contributed by atoms with Crippen LogP contribution >= 0.6 is 11.6 Å². The smallest absolute Gasteiger partial charge is 0.288 e. The first-order valence-corrected chi connectivity index (χ1v) is 7.25. The number of carbonyl (C=O) groups excluding carboxylic acids is 1. The number of hydrogen-bond donors (Lipinski definition) is 1. The van der Waals surface area contributed by atoms with E-state index in [0.717, 1.165) is 11.1 Å². The first kappa shape index (κ1) is 16.7. The van der Waals surface area contributed by atoms with E-state index in [1.165, 1.54) is 24.3 Å². The number of nitrogens with zero attached hydrogens (tertiary/aromatic N) is 1. The second kappa shape index (κ2) is 7.07. The number of carbonyl (C=O) groups is 1. The molecule has 23 heavy (non-hydrogen) atoms. The largest absolute Gasteiger partial charge is 0.323 e. The molecule has 0 aliphatic heterocycles. The van der Waals surface area contributed by atoms with Crippen LogP contribution in [0.2, 0.25) is 5.02 Å². The van der Waals surface area contributed by atoms with Crippen molar-refractivity contribution in [3.8, 4) is 0 Å². The molecule has 0 atom stereocenters. The average molecular weight is 331 g/mol. The highest BCUT2D eigenvalue weighted by molar-refractivity contribution is 6.32. The van der Waals surface area contributed by atoms with Gasteiger partial charge < -0.3 is 5.32 Å². The van der Waals surface area contributed by atoms with Crippen molar-refractivity contribution in [2.24, 2.45) is 0 Å². The lowest BCUT2D eigenvalue weighted by Crippen LogP contribution is -2.07. The number of nitro groups is 1. The molecule has 0 fully saturated rings. The van der Waals surface area contributed by atoms with Crippen molar-refractivity contribution in [2.75, 3.05) is 5.32 Å². The predicted molar refractivity (Wildman–Crippen MR) is 91.7 cm³/mol. The molecule has 0 heterocycles. The van der Waals surface area contributed by atoms with E-state index in [0.29, 0.717) is 11.3 Å². The van der Waals surface area contributed by atoms with E-state index in [-0.39, 0.29) is 16.6 Å². The van der Waals surface area contributed by atoms with E-state index in [2.05, 4.69) is 5.32 Å². The van der Waals surface area contributed by atoms with Crippen molar-refractivity contribution in [3.05, 3.63) is 74.3 Å². The third-order valence-corrected chi connectivity index (χ3v) is 3.69. The molecule has 0 saturated carbocycles. The fourth-order valence-electron chi connectivity index (χ4n) is 1.95. The summed E-state index contributed by atoms with van der Waals surface area (Å²) in [6.45, 7) is 3.96. The van der Waals surface area contributed by atoms with Crippen molar-refractivity contribution < 1.29 is 9.72 Å². The van der Waals surface area contributed by atoms with Crippen LogP contribution in [0.3, 0.4) is 0 Å². The van der Waals surface area contributed by atoms with Gasteiger partial charge in [0.15, 0.2) is 0 Å². The zero-order valence-electron chi connectivity index (χ0n) is 12.7. The van der Waals surface area contributed by atoms with Crippen LogP contribution in [0.25, 0.3) is 6.08 Å². The van der Waals surface area contributed by atoms with Crippen molar-refractivity contribution in [3.63, 3.8) is 0 Å². The van der Waals surface area contributed by atoms with Gasteiger partial charge in [0.2, 0.25) is 5.91 Å². The normalized spacial score (nSPS) is 10.7. The van der Waals surface area contributed by atoms with E-state index in [1.54, 1.807) is 6.07 Å². The maximum Gasteiger partial charge on any atom is 0.288 e. The summed E-state index contributed by atoms with van der Waals surface area (Å²) in [5.41, 5.74) is 3.26. The van der Waals surface area contributed by atoms with Crippen LogP contribution in [0.4, 0.5) is 11.4 Å². The van der Waals surface area contributed by atoms with Gasteiger partial charge in [0.05, 0.1) is 4.92 Å². The molecule has 2 aromatic carbocycles. The molecule has 2 aromatic rings. The van der Waals surface area contributed by atoms with E-state index in [1.807, 2.05) is 32.0 Å². The van der Waals surface area contributed by atoms with Gasteiger partial charge in [-0.25, -0.2) is 0 Å². The third-order valence-electron chi connectivity index (χ3n) is 3.37. The fraction of sp³-hybridized carbons (Fsp3) is 0.118. The highest BCUT2D eigenvalue weighted by Gasteiger charge is 2.11. The Bertz CT molecular complexity index is 800. The zero-order valence-corrected chi connectivity index (χ0v) is 13.4. The molecule has 1 amide bonds. The number of amides is 1. The fourth-order valence-corrected chi connectivity index (χ4v) is 2.13. The third kappa shape index (κ3) is 4.40. The number of nitrogens with one attached hydrogen (secondary N) is 1. The SMILES string of the molecule is Cc1ccc(NC(=O)/C=C/c2ccc(Cl)c([N+](=O)[O-])c2)cc1C. The number of halogens is 1. The Balaban J connectivity index is 2.10. The summed E-state index contributed by atoms with van der Waals surface area (Å²) in [6, 6.07) is 9.99. The molecule has 0 saturated heterocycles. The highest BCUT2D eigenvalue weighted by Crippen LogP contribution is 2.25. The van der Waals surface area contributed by atoms with Crippen LogP contribution in [0.5, 0.6) is 0 Å². The molecule has 0 unspecified atom stereocenters. The van der Waals surface area contributed by atoms with Crippen LogP contribution in [-0.2, 0) is 4.79 Å². The van der Waals surface area contributed by atoms with Crippen LogP contribution in [-0.4, -0.2) is 10.8 Å². The van der Waals surface area contributed by atoms with E-state index in [4.69, 9.17) is 11.6 Å². The minimum absolute atomic E-state index is 0.0618. The summed E-state index contributed by atoms with van der Waals surface area (Å²) < 4.78 is 0. The number of hydrogen-bond acceptors (Lipinski definition) is 3. The Morgan fingerprint density at radius 2 is 1.91 bits per heavy atom. The maximum absolute atomic E-state index is 11.9. The van der Waals surface area contributed by atoms with Gasteiger partial charge in [-0.05, 0) is 54.8 Å². The van der Waals surface area contributed by atoms with E-state index >= 15 is 0 Å². The molecular formula is C17H15ClN2O3. The van der Waals surface area contributed by atoms with Crippen molar-refractivity contribution >= 4 is 35.0 Å². The molecule has 1 N–H and O–H groups in total. The Hall–Kier alpha value is -2.66. The molecule has 0 spiro atoms. The lowest BCUT2D eigenvalue weighted by atomic mass is 10.1. The standard InChI is InChI=1S/C17H15ClN2O3/c1-11-3-6-14(9-12(11)2)19-17(21)8-5-13-4-7-15(18)16(10-13)20(22)23/h3-10H,1-2H3,(H,19,21)/b8-5+. The van der Waals surface area contributed by atoms with Crippen molar-refractivity contribution in [1.29, 1.82) is 0 Å². The molecule has 2 rings (SSSR count). The molecule has 118 valence electrons. The minimum Gasteiger partial charge on any atom is -0.323 e. The number of nitro benzene ring substituents is 1. The van der Waals surface area contributed by atoms with Crippen molar-refractivity contribution in [1.82, 2.24) is 0 Å². The quantitative estimate of drug-likeness (QED) is 0.509. The first-order valence-electron chi connectivity index (χ1n) is 6.87. The van der Waals surface area contributed by atoms with E-state index in [9.17, 15) is 14.9 Å². The lowest BCUT2D eigenvalue weighted by molar-refractivity contribution is -0.384. The summed E-state index contributed by atoms with van der Waals surface area (Å²) in [5.74, 6) is -0.314. The van der Waals surface area contributed by atoms with Crippen LogP contribution in [0.15, 0.2) is 42.5 Å². The summed E-state index contributed by atoms with van der Waals surface area (Å²) in [4.78, 5) is 22.2. The molecular weight excluding hydrogens is 316 g/mol. The second-order valence-electron chi connectivity index (χ2n) is 5.09. The summed E-state index contributed by atoms with van der Waals surface area (Å²) >= 11 is 5.74. The van der Waals surface area contributed by atoms with Crippen LogP contribution in [0, 0.1) is 24.0 Å². The molecule has 0 aromatic heterocycles. The van der Waals surface area contributed by atoms with E-state index < -0.39 is 4.92 Å². The summed E-state index contributed by atoms with van der Waals surface area (Å²) in [6.07, 6.45) is 2.82. The molecule has 0 radical (unpaired) electrons. The van der Waals surface area contributed by atoms with Gasteiger partial charge in [-0.15, -0.1) is 0 Å². The number of rotatable bonds is 4. The first-order chi connectivity index (χ1) is 10.9. The zero-order chi connectivity index (χ0) is 17.0. The molecule has 0 aliphatic rings. The van der Waals surface area contributed by atoms with Gasteiger partial charge in [0.1, 0.15) is 5.02 Å². The second-order valence-corrected chi connectivity index (χ2v) is 5.50. The maximum atomic E-state index is 11.9. The average Bonchev–Trinajstić information content (AvgIpc) is 2.50. The highest BCUT2D eigenvalue weighted by atomic mass is 35.5. The number of anilines is 1. The van der Waals surface area contributed by atoms with Gasteiger partial charge in [0, 0.05) is 17.8 Å². The summed E-state index contributed by atoms with van der Waals surface area (Å²) in [7, 11) is 0. The van der Waals surface area contributed by atoms with Gasteiger partial charge in [0.25, 0.3) is 5.69 Å². The Labute approximate surface area is 138 Å². The number of aryl methyl sites for hydroxylation is 2. The predicted octanol–water partition coefficient (Wildman–Crippen LogP) is 4.52. The van der Waals surface area contributed by atoms with Crippen molar-refractivity contribution in [2.45, 2.75) is 13.8 Å². The topological polar surface area (TPSA) is 72.2 Å². The van der Waals surface area contributed by atoms with Gasteiger partial charge in [-0.1, -0.05) is 23.7 Å². The van der Waals surface area contributed by atoms with Gasteiger partial charge >= 0.3 is 0 Å². The Kier molecular flexibility index (Phi) is 5.13. The molecule has 6 heteroatoms. The van der Waals surface area contributed by atoms with Crippen LogP contribution in [0.1, 0.15) is 16.7 Å². The van der Waals surface area contributed by atoms with Crippen LogP contribution < -0.4 is 5.32 Å².